The summed E-state index contributed by atoms with van der Waals surface area (Å²) in [4.78, 5) is 12.4. The minimum Gasteiger partial charge on any atom is -0.496 e. The zero-order chi connectivity index (χ0) is 15.4. The second kappa shape index (κ2) is 6.96. The van der Waals surface area contributed by atoms with E-state index in [0.717, 1.165) is 10.0 Å². The lowest BCUT2D eigenvalue weighted by atomic mass is 10.1. The third-order valence-electron chi connectivity index (χ3n) is 3.10. The molecule has 1 N–H and O–H groups in total. The number of benzene rings is 2. The van der Waals surface area contributed by atoms with E-state index < -0.39 is 0 Å². The van der Waals surface area contributed by atoms with E-state index in [4.69, 9.17) is 16.3 Å². The van der Waals surface area contributed by atoms with Gasteiger partial charge in [0.1, 0.15) is 5.75 Å². The topological polar surface area (TPSA) is 38.3 Å². The molecule has 0 spiro atoms. The summed E-state index contributed by atoms with van der Waals surface area (Å²) in [5, 5.41) is 3.44. The predicted molar refractivity (Wildman–Crippen MR) is 88.0 cm³/mol. The highest BCUT2D eigenvalue weighted by Crippen LogP contribution is 2.24. The van der Waals surface area contributed by atoms with Gasteiger partial charge in [0.15, 0.2) is 0 Å². The highest BCUT2D eigenvalue weighted by Gasteiger charge is 2.16. The van der Waals surface area contributed by atoms with Gasteiger partial charge >= 0.3 is 0 Å². The molecule has 2 rings (SSSR count). The number of carbonyl (C=O) groups excluding carboxylic acids is 1. The van der Waals surface area contributed by atoms with Gasteiger partial charge in [0.05, 0.1) is 18.7 Å². The summed E-state index contributed by atoms with van der Waals surface area (Å²) in [6.07, 6.45) is 0. The Morgan fingerprint density at radius 1 is 1.29 bits per heavy atom. The quantitative estimate of drug-likeness (QED) is 0.856. The average Bonchev–Trinajstić information content (AvgIpc) is 2.47. The molecule has 0 aromatic heterocycles. The molecule has 2 aromatic rings. The van der Waals surface area contributed by atoms with Crippen molar-refractivity contribution in [2.75, 3.05) is 7.11 Å². The molecule has 0 aliphatic heterocycles. The molecule has 0 radical (unpaired) electrons. The first kappa shape index (κ1) is 15.9. The van der Waals surface area contributed by atoms with Crippen LogP contribution < -0.4 is 10.1 Å². The van der Waals surface area contributed by atoms with E-state index in [1.807, 2.05) is 31.2 Å². The van der Waals surface area contributed by atoms with Crippen LogP contribution in [0, 0.1) is 0 Å². The molecule has 0 aliphatic carbocycles. The van der Waals surface area contributed by atoms with E-state index in [-0.39, 0.29) is 11.9 Å². The van der Waals surface area contributed by atoms with Gasteiger partial charge in [-0.05, 0) is 42.8 Å². The van der Waals surface area contributed by atoms with Crippen molar-refractivity contribution in [1.82, 2.24) is 5.32 Å². The Hall–Kier alpha value is -1.52. The number of hydrogen-bond acceptors (Lipinski definition) is 2. The van der Waals surface area contributed by atoms with Gasteiger partial charge < -0.3 is 10.1 Å². The molecule has 0 aliphatic rings. The smallest absolute Gasteiger partial charge is 0.255 e. The maximum atomic E-state index is 12.4. The van der Waals surface area contributed by atoms with Crippen LogP contribution in [0.15, 0.2) is 46.9 Å². The van der Waals surface area contributed by atoms with E-state index in [0.29, 0.717) is 16.3 Å². The third-order valence-corrected chi connectivity index (χ3v) is 3.83. The van der Waals surface area contributed by atoms with Crippen LogP contribution in [0.4, 0.5) is 0 Å². The number of halogens is 2. The molecule has 110 valence electrons. The Kier molecular flexibility index (Phi) is 5.26. The van der Waals surface area contributed by atoms with Crippen LogP contribution in [0.5, 0.6) is 5.75 Å². The summed E-state index contributed by atoms with van der Waals surface area (Å²) in [6, 6.07) is 12.7. The summed E-state index contributed by atoms with van der Waals surface area (Å²) in [5.41, 5.74) is 1.44. The normalized spacial score (nSPS) is 11.8. The first-order valence-corrected chi connectivity index (χ1v) is 7.58. The highest BCUT2D eigenvalue weighted by molar-refractivity contribution is 9.10. The number of rotatable bonds is 4. The van der Waals surface area contributed by atoms with Crippen molar-refractivity contribution < 1.29 is 9.53 Å². The number of carbonyl (C=O) groups is 1. The average molecular weight is 369 g/mol. The first-order chi connectivity index (χ1) is 10.0. The van der Waals surface area contributed by atoms with Gasteiger partial charge in [-0.1, -0.05) is 39.7 Å². The molecule has 0 saturated heterocycles. The van der Waals surface area contributed by atoms with E-state index in [1.165, 1.54) is 7.11 Å². The summed E-state index contributed by atoms with van der Waals surface area (Å²) in [5.74, 6) is 0.278. The van der Waals surface area contributed by atoms with Crippen molar-refractivity contribution in [2.45, 2.75) is 13.0 Å². The lowest BCUT2D eigenvalue weighted by molar-refractivity contribution is 0.0937. The zero-order valence-electron chi connectivity index (χ0n) is 11.7. The van der Waals surface area contributed by atoms with Gasteiger partial charge in [-0.15, -0.1) is 0 Å². The minimum atomic E-state index is -0.221. The van der Waals surface area contributed by atoms with Crippen molar-refractivity contribution in [1.29, 1.82) is 0 Å². The highest BCUT2D eigenvalue weighted by atomic mass is 79.9. The molecule has 21 heavy (non-hydrogen) atoms. The largest absolute Gasteiger partial charge is 0.496 e. The fourth-order valence-corrected chi connectivity index (χ4v) is 2.58. The molecule has 5 heteroatoms. The van der Waals surface area contributed by atoms with Gasteiger partial charge in [0, 0.05) is 9.50 Å². The van der Waals surface area contributed by atoms with Crippen molar-refractivity contribution >= 4 is 33.4 Å². The van der Waals surface area contributed by atoms with Crippen LogP contribution in [0.2, 0.25) is 5.02 Å². The number of amides is 1. The van der Waals surface area contributed by atoms with Crippen LogP contribution >= 0.6 is 27.5 Å². The molecular formula is C16H15BrClNO2. The second-order valence-electron chi connectivity index (χ2n) is 4.59. The number of methoxy groups -OCH3 is 1. The third kappa shape index (κ3) is 3.99. The molecule has 0 saturated carbocycles. The van der Waals surface area contributed by atoms with E-state index in [9.17, 15) is 4.79 Å². The van der Waals surface area contributed by atoms with Crippen LogP contribution in [0.25, 0.3) is 0 Å². The van der Waals surface area contributed by atoms with Crippen molar-refractivity contribution in [3.05, 3.63) is 63.1 Å². The summed E-state index contributed by atoms with van der Waals surface area (Å²) in [6.45, 7) is 1.93. The van der Waals surface area contributed by atoms with E-state index in [2.05, 4.69) is 21.2 Å². The van der Waals surface area contributed by atoms with Gasteiger partial charge in [-0.25, -0.2) is 0 Å². The molecule has 0 unspecified atom stereocenters. The molecule has 0 fully saturated rings. The number of ether oxygens (including phenoxy) is 1. The maximum absolute atomic E-state index is 12.4. The molecule has 1 amide bonds. The SMILES string of the molecule is COc1ccc(Cl)cc1C(=O)N[C@@H](C)c1cccc(Br)c1. The lowest BCUT2D eigenvalue weighted by Crippen LogP contribution is -2.27. The molecule has 1 atom stereocenters. The molecule has 0 heterocycles. The second-order valence-corrected chi connectivity index (χ2v) is 5.95. The van der Waals surface area contributed by atoms with E-state index in [1.54, 1.807) is 18.2 Å². The molecule has 0 bridgehead atoms. The van der Waals surface area contributed by atoms with Gasteiger partial charge in [-0.3, -0.25) is 4.79 Å². The summed E-state index contributed by atoms with van der Waals surface area (Å²) < 4.78 is 6.17. The fourth-order valence-electron chi connectivity index (χ4n) is 1.99. The predicted octanol–water partition coefficient (Wildman–Crippen LogP) is 4.60. The first-order valence-electron chi connectivity index (χ1n) is 6.41. The van der Waals surface area contributed by atoms with Crippen LogP contribution in [0.1, 0.15) is 28.9 Å². The van der Waals surface area contributed by atoms with Gasteiger partial charge in [0.25, 0.3) is 5.91 Å². The Balaban J connectivity index is 2.20. The Bertz CT molecular complexity index is 660. The van der Waals surface area contributed by atoms with Crippen molar-refractivity contribution in [2.24, 2.45) is 0 Å². The number of nitrogens with one attached hydrogen (secondary N) is 1. The minimum absolute atomic E-state index is 0.126. The van der Waals surface area contributed by atoms with E-state index >= 15 is 0 Å². The van der Waals surface area contributed by atoms with Crippen LogP contribution in [-0.4, -0.2) is 13.0 Å². The van der Waals surface area contributed by atoms with Crippen molar-refractivity contribution in [3.8, 4) is 5.75 Å². The lowest BCUT2D eigenvalue weighted by Gasteiger charge is -2.16. The number of hydrogen-bond donors (Lipinski definition) is 1. The Morgan fingerprint density at radius 3 is 2.71 bits per heavy atom. The van der Waals surface area contributed by atoms with Gasteiger partial charge in [0.2, 0.25) is 0 Å². The maximum Gasteiger partial charge on any atom is 0.255 e. The van der Waals surface area contributed by atoms with Crippen LogP contribution in [-0.2, 0) is 0 Å². The Morgan fingerprint density at radius 2 is 2.05 bits per heavy atom. The monoisotopic (exact) mass is 367 g/mol. The fraction of sp³-hybridized carbons (Fsp3) is 0.188. The van der Waals surface area contributed by atoms with Crippen LogP contribution in [0.3, 0.4) is 0 Å². The van der Waals surface area contributed by atoms with Crippen molar-refractivity contribution in [3.63, 3.8) is 0 Å². The summed E-state index contributed by atoms with van der Waals surface area (Å²) >= 11 is 9.37. The molecular weight excluding hydrogens is 354 g/mol. The summed E-state index contributed by atoms with van der Waals surface area (Å²) in [7, 11) is 1.53. The van der Waals surface area contributed by atoms with Gasteiger partial charge in [-0.2, -0.15) is 0 Å². The standard InChI is InChI=1S/C16H15BrClNO2/c1-10(11-4-3-5-12(17)8-11)19-16(20)14-9-13(18)6-7-15(14)21-2/h3-10H,1-2H3,(H,19,20)/t10-/m0/s1. The zero-order valence-corrected chi connectivity index (χ0v) is 14.0. The molecule has 2 aromatic carbocycles. The molecule has 3 nitrogen and oxygen atoms in total. The Labute approximate surface area is 137 Å².